The predicted molar refractivity (Wildman–Crippen MR) is 254 cm³/mol. The number of hydrogen-bond acceptors (Lipinski definition) is 2. The van der Waals surface area contributed by atoms with E-state index in [1.807, 2.05) is 0 Å². The molecule has 286 valence electrons. The molecular formula is C59H39NO. The van der Waals surface area contributed by atoms with Crippen LogP contribution in [0.15, 0.2) is 241 Å². The first-order valence-corrected chi connectivity index (χ1v) is 21.0. The van der Waals surface area contributed by atoms with E-state index in [1.165, 1.54) is 60.8 Å². The first kappa shape index (κ1) is 35.0. The minimum absolute atomic E-state index is 0.536. The van der Waals surface area contributed by atoms with Crippen LogP contribution in [0.2, 0.25) is 0 Å². The van der Waals surface area contributed by atoms with Gasteiger partial charge in [-0.25, -0.2) is 0 Å². The molecule has 0 spiro atoms. The molecule has 1 aromatic heterocycles. The van der Waals surface area contributed by atoms with Crippen molar-refractivity contribution in [3.8, 4) is 33.4 Å². The Kier molecular flexibility index (Phi) is 8.11. The lowest BCUT2D eigenvalue weighted by Crippen LogP contribution is -2.28. The zero-order chi connectivity index (χ0) is 40.3. The smallest absolute Gasteiger partial charge is 0.137 e. The molecule has 61 heavy (non-hydrogen) atoms. The van der Waals surface area contributed by atoms with Gasteiger partial charge in [-0.1, -0.05) is 194 Å². The Labute approximate surface area is 355 Å². The fraction of sp³-hybridized carbons (Fsp3) is 0.0169. The molecule has 0 saturated heterocycles. The van der Waals surface area contributed by atoms with Gasteiger partial charge in [0.1, 0.15) is 11.2 Å². The second-order valence-corrected chi connectivity index (χ2v) is 16.0. The van der Waals surface area contributed by atoms with E-state index in [0.717, 1.165) is 44.6 Å². The third-order valence-electron chi connectivity index (χ3n) is 12.7. The van der Waals surface area contributed by atoms with Gasteiger partial charge in [0.15, 0.2) is 0 Å². The average molecular weight is 778 g/mol. The highest BCUT2D eigenvalue weighted by Crippen LogP contribution is 2.57. The minimum Gasteiger partial charge on any atom is -0.456 e. The fourth-order valence-electron chi connectivity index (χ4n) is 10.2. The molecule has 0 aliphatic heterocycles. The SMILES string of the molecule is c1ccc(-c2ccc(N(c3cccc(C4(c5ccccc5)c5ccccc5-c5ccccc54)c3)c3cccc4oc5cc(-c6ccccc6)c6ccccc6c5c34)cc2)cc1. The van der Waals surface area contributed by atoms with Gasteiger partial charge in [0.25, 0.3) is 0 Å². The fourth-order valence-corrected chi connectivity index (χ4v) is 10.2. The van der Waals surface area contributed by atoms with Gasteiger partial charge in [-0.2, -0.15) is 0 Å². The van der Waals surface area contributed by atoms with Gasteiger partial charge in [-0.3, -0.25) is 0 Å². The van der Waals surface area contributed by atoms with Crippen LogP contribution in [0.3, 0.4) is 0 Å². The first-order chi connectivity index (χ1) is 30.3. The van der Waals surface area contributed by atoms with Gasteiger partial charge in [-0.05, 0) is 109 Å². The van der Waals surface area contributed by atoms with Gasteiger partial charge in [-0.15, -0.1) is 0 Å². The summed E-state index contributed by atoms with van der Waals surface area (Å²) in [5.41, 5.74) is 16.6. The lowest BCUT2D eigenvalue weighted by molar-refractivity contribution is 0.669. The number of furan rings is 1. The number of rotatable bonds is 7. The van der Waals surface area contributed by atoms with Crippen molar-refractivity contribution in [1.29, 1.82) is 0 Å². The topological polar surface area (TPSA) is 16.4 Å². The van der Waals surface area contributed by atoms with Crippen LogP contribution in [-0.4, -0.2) is 0 Å². The predicted octanol–water partition coefficient (Wildman–Crippen LogP) is 15.9. The van der Waals surface area contributed by atoms with Crippen molar-refractivity contribution in [2.24, 2.45) is 0 Å². The molecule has 2 heteroatoms. The highest BCUT2D eigenvalue weighted by atomic mass is 16.3. The average Bonchev–Trinajstić information content (AvgIpc) is 3.87. The molecule has 0 saturated carbocycles. The zero-order valence-corrected chi connectivity index (χ0v) is 33.4. The van der Waals surface area contributed by atoms with Crippen molar-refractivity contribution < 1.29 is 4.42 Å². The molecule has 1 aliphatic rings. The van der Waals surface area contributed by atoms with Crippen LogP contribution in [-0.2, 0) is 5.41 Å². The molecule has 12 rings (SSSR count). The molecular weight excluding hydrogens is 739 g/mol. The summed E-state index contributed by atoms with van der Waals surface area (Å²) < 4.78 is 6.89. The summed E-state index contributed by atoms with van der Waals surface area (Å²) in [6.45, 7) is 0. The van der Waals surface area contributed by atoms with Gasteiger partial charge in [0.05, 0.1) is 16.5 Å². The lowest BCUT2D eigenvalue weighted by atomic mass is 9.67. The van der Waals surface area contributed by atoms with E-state index in [9.17, 15) is 0 Å². The third-order valence-corrected chi connectivity index (χ3v) is 12.7. The maximum atomic E-state index is 6.89. The minimum atomic E-state index is -0.536. The first-order valence-electron chi connectivity index (χ1n) is 21.0. The second-order valence-electron chi connectivity index (χ2n) is 16.0. The van der Waals surface area contributed by atoms with Crippen molar-refractivity contribution in [3.63, 3.8) is 0 Å². The van der Waals surface area contributed by atoms with Gasteiger partial charge >= 0.3 is 0 Å². The van der Waals surface area contributed by atoms with Crippen molar-refractivity contribution >= 4 is 49.8 Å². The maximum absolute atomic E-state index is 6.89. The van der Waals surface area contributed by atoms with Crippen LogP contribution < -0.4 is 4.90 Å². The van der Waals surface area contributed by atoms with Crippen LogP contribution in [0.5, 0.6) is 0 Å². The van der Waals surface area contributed by atoms with Crippen LogP contribution in [0.4, 0.5) is 17.1 Å². The van der Waals surface area contributed by atoms with Crippen molar-refractivity contribution in [2.75, 3.05) is 4.90 Å². The van der Waals surface area contributed by atoms with E-state index in [1.54, 1.807) is 0 Å². The van der Waals surface area contributed by atoms with Crippen LogP contribution in [0.25, 0.3) is 66.1 Å². The molecule has 0 atom stereocenters. The van der Waals surface area contributed by atoms with Crippen molar-refractivity contribution in [3.05, 3.63) is 259 Å². The number of benzene rings is 10. The van der Waals surface area contributed by atoms with Gasteiger partial charge in [0, 0.05) is 16.8 Å². The standard InChI is InChI=1S/C59H39NO/c1-4-18-40(19-5-1)41-34-36-45(37-35-41)60(54-32-17-33-55-58(54)57-50-29-11-10-26-47(50)51(39-56(57)61-55)42-20-6-2-7-21-42)46-25-16-24-44(38-46)59(43-22-8-3-9-23-43)52-30-14-12-27-48(52)49-28-13-15-31-53(49)59/h1-39H. The van der Waals surface area contributed by atoms with Gasteiger partial charge in [0.2, 0.25) is 0 Å². The monoisotopic (exact) mass is 777 g/mol. The van der Waals surface area contributed by atoms with Crippen LogP contribution in [0, 0.1) is 0 Å². The number of anilines is 3. The second kappa shape index (κ2) is 14.1. The summed E-state index contributed by atoms with van der Waals surface area (Å²) in [5, 5.41) is 4.56. The molecule has 1 heterocycles. The Morgan fingerprint density at radius 3 is 1.59 bits per heavy atom. The van der Waals surface area contributed by atoms with Gasteiger partial charge < -0.3 is 9.32 Å². The summed E-state index contributed by atoms with van der Waals surface area (Å²) in [5.74, 6) is 0. The Morgan fingerprint density at radius 1 is 0.328 bits per heavy atom. The summed E-state index contributed by atoms with van der Waals surface area (Å²) >= 11 is 0. The van der Waals surface area contributed by atoms with Crippen molar-refractivity contribution in [2.45, 2.75) is 5.41 Å². The van der Waals surface area contributed by atoms with E-state index in [4.69, 9.17) is 4.42 Å². The van der Waals surface area contributed by atoms with E-state index >= 15 is 0 Å². The highest BCUT2D eigenvalue weighted by molar-refractivity contribution is 6.25. The summed E-state index contributed by atoms with van der Waals surface area (Å²) in [7, 11) is 0. The molecule has 1 aliphatic carbocycles. The van der Waals surface area contributed by atoms with E-state index in [0.29, 0.717) is 0 Å². The zero-order valence-electron chi connectivity index (χ0n) is 33.4. The normalized spacial score (nSPS) is 12.7. The summed E-state index contributed by atoms with van der Waals surface area (Å²) in [6.07, 6.45) is 0. The third kappa shape index (κ3) is 5.43. The summed E-state index contributed by atoms with van der Waals surface area (Å²) in [4.78, 5) is 2.43. The molecule has 11 aromatic rings. The Hall–Kier alpha value is -7.94. The van der Waals surface area contributed by atoms with Crippen molar-refractivity contribution in [1.82, 2.24) is 0 Å². The Morgan fingerprint density at radius 2 is 0.885 bits per heavy atom. The van der Waals surface area contributed by atoms with E-state index < -0.39 is 5.41 Å². The van der Waals surface area contributed by atoms with E-state index in [-0.39, 0.29) is 0 Å². The lowest BCUT2D eigenvalue weighted by Gasteiger charge is -2.35. The van der Waals surface area contributed by atoms with Crippen LogP contribution >= 0.6 is 0 Å². The highest BCUT2D eigenvalue weighted by Gasteiger charge is 2.46. The molecule has 2 nitrogen and oxygen atoms in total. The molecule has 0 unspecified atom stereocenters. The molecule has 0 N–H and O–H groups in total. The largest absolute Gasteiger partial charge is 0.456 e. The Balaban J connectivity index is 1.14. The molecule has 0 bridgehead atoms. The number of hydrogen-bond donors (Lipinski definition) is 0. The maximum Gasteiger partial charge on any atom is 0.137 e. The number of fused-ring (bicyclic) bond motifs is 8. The van der Waals surface area contributed by atoms with Crippen LogP contribution in [0.1, 0.15) is 22.3 Å². The summed E-state index contributed by atoms with van der Waals surface area (Å²) in [6, 6.07) is 85.9. The Bertz CT molecular complexity index is 3360. The quantitative estimate of drug-likeness (QED) is 0.160. The molecule has 10 aromatic carbocycles. The molecule has 0 fully saturated rings. The molecule has 0 amide bonds. The van der Waals surface area contributed by atoms with E-state index in [2.05, 4.69) is 241 Å². The number of nitrogens with zero attached hydrogens (tertiary/aromatic N) is 1. The molecule has 0 radical (unpaired) electrons.